The van der Waals surface area contributed by atoms with Gasteiger partial charge in [0, 0.05) is 19.3 Å². The number of nitrogens with two attached hydrogens (primary N) is 1. The quantitative estimate of drug-likeness (QED) is 0.848. The minimum atomic E-state index is -0.287. The van der Waals surface area contributed by atoms with Crippen molar-refractivity contribution in [2.24, 2.45) is 5.73 Å². The van der Waals surface area contributed by atoms with Crippen LogP contribution in [0.15, 0.2) is 48.7 Å². The number of aromatic hydroxyl groups is 1. The lowest BCUT2D eigenvalue weighted by Crippen LogP contribution is -2.33. The molecule has 0 aliphatic rings. The Hall–Kier alpha value is -2.40. The van der Waals surface area contributed by atoms with Gasteiger partial charge in [0.05, 0.1) is 0 Å². The van der Waals surface area contributed by atoms with E-state index in [2.05, 4.69) is 4.98 Å². The zero-order chi connectivity index (χ0) is 15.1. The van der Waals surface area contributed by atoms with Crippen molar-refractivity contribution >= 4 is 5.91 Å². The number of carbonyl (C=O) groups is 1. The molecule has 5 heteroatoms. The summed E-state index contributed by atoms with van der Waals surface area (Å²) in [4.78, 5) is 18.2. The van der Waals surface area contributed by atoms with Crippen molar-refractivity contribution in [2.45, 2.75) is 13.0 Å². The van der Waals surface area contributed by atoms with E-state index in [0.717, 1.165) is 5.56 Å². The summed E-state index contributed by atoms with van der Waals surface area (Å²) < 4.78 is 0. The zero-order valence-electron chi connectivity index (χ0n) is 11.8. The Bertz CT molecular complexity index is 587. The van der Waals surface area contributed by atoms with E-state index in [-0.39, 0.29) is 17.4 Å². The van der Waals surface area contributed by atoms with E-state index in [1.165, 1.54) is 12.3 Å². The fourth-order valence-electron chi connectivity index (χ4n) is 2.05. The molecule has 1 heterocycles. The first kappa shape index (κ1) is 15.0. The third-order valence-corrected chi connectivity index (χ3v) is 3.12. The number of aromatic nitrogens is 1. The fourth-order valence-corrected chi connectivity index (χ4v) is 2.05. The Morgan fingerprint density at radius 3 is 2.62 bits per heavy atom. The van der Waals surface area contributed by atoms with Crippen LogP contribution in [0.1, 0.15) is 22.5 Å². The monoisotopic (exact) mass is 285 g/mol. The number of benzene rings is 1. The first-order chi connectivity index (χ1) is 10.2. The van der Waals surface area contributed by atoms with Crippen LogP contribution in [0.2, 0.25) is 0 Å². The van der Waals surface area contributed by atoms with Crippen LogP contribution in [0.3, 0.4) is 0 Å². The Labute approximate surface area is 124 Å². The van der Waals surface area contributed by atoms with Crippen LogP contribution in [-0.2, 0) is 6.54 Å². The molecule has 110 valence electrons. The summed E-state index contributed by atoms with van der Waals surface area (Å²) >= 11 is 0. The van der Waals surface area contributed by atoms with Gasteiger partial charge >= 0.3 is 0 Å². The average molecular weight is 285 g/mol. The molecular weight excluding hydrogens is 266 g/mol. The summed E-state index contributed by atoms with van der Waals surface area (Å²) in [5, 5.41) is 9.79. The normalized spacial score (nSPS) is 10.3. The summed E-state index contributed by atoms with van der Waals surface area (Å²) in [6.45, 7) is 1.50. The van der Waals surface area contributed by atoms with Gasteiger partial charge in [-0.3, -0.25) is 4.79 Å². The van der Waals surface area contributed by atoms with Crippen molar-refractivity contribution in [3.8, 4) is 5.75 Å². The molecule has 0 fully saturated rings. The second-order valence-corrected chi connectivity index (χ2v) is 4.73. The lowest BCUT2D eigenvalue weighted by Gasteiger charge is -2.22. The largest absolute Gasteiger partial charge is 0.505 e. The summed E-state index contributed by atoms with van der Waals surface area (Å²) in [6, 6.07) is 12.8. The highest BCUT2D eigenvalue weighted by atomic mass is 16.3. The first-order valence-corrected chi connectivity index (χ1v) is 6.89. The first-order valence-electron chi connectivity index (χ1n) is 6.89. The number of rotatable bonds is 6. The molecule has 0 aliphatic heterocycles. The Morgan fingerprint density at radius 2 is 1.95 bits per heavy atom. The molecule has 1 aromatic heterocycles. The Morgan fingerprint density at radius 1 is 1.19 bits per heavy atom. The molecular formula is C16H19N3O2. The van der Waals surface area contributed by atoms with Gasteiger partial charge in [0.25, 0.3) is 5.91 Å². The van der Waals surface area contributed by atoms with Crippen LogP contribution >= 0.6 is 0 Å². The number of carbonyl (C=O) groups excluding carboxylic acids is 1. The van der Waals surface area contributed by atoms with E-state index in [1.54, 1.807) is 11.0 Å². The molecule has 1 aromatic carbocycles. The zero-order valence-corrected chi connectivity index (χ0v) is 11.8. The van der Waals surface area contributed by atoms with Crippen molar-refractivity contribution in [3.05, 3.63) is 59.9 Å². The van der Waals surface area contributed by atoms with Gasteiger partial charge in [0.2, 0.25) is 0 Å². The fraction of sp³-hybridized carbons (Fsp3) is 0.250. The van der Waals surface area contributed by atoms with Gasteiger partial charge in [-0.15, -0.1) is 0 Å². The molecule has 1 amide bonds. The minimum absolute atomic E-state index is 0.0745. The van der Waals surface area contributed by atoms with Crippen LogP contribution in [-0.4, -0.2) is 34.0 Å². The summed E-state index contributed by atoms with van der Waals surface area (Å²) in [6.07, 6.45) is 2.20. The highest BCUT2D eigenvalue weighted by Gasteiger charge is 2.20. The van der Waals surface area contributed by atoms with Crippen LogP contribution in [0, 0.1) is 0 Å². The maximum absolute atomic E-state index is 12.5. The Balaban J connectivity index is 2.19. The van der Waals surface area contributed by atoms with Gasteiger partial charge in [0.1, 0.15) is 5.75 Å². The molecule has 0 aliphatic carbocycles. The average Bonchev–Trinajstić information content (AvgIpc) is 2.52. The van der Waals surface area contributed by atoms with Crippen LogP contribution in [0.5, 0.6) is 5.75 Å². The molecule has 2 rings (SSSR count). The number of amides is 1. The molecule has 0 atom stereocenters. The third kappa shape index (κ3) is 4.03. The molecule has 2 aromatic rings. The highest BCUT2D eigenvalue weighted by Crippen LogP contribution is 2.17. The van der Waals surface area contributed by atoms with Crippen molar-refractivity contribution in [2.75, 3.05) is 13.1 Å². The molecule has 5 nitrogen and oxygen atoms in total. The standard InChI is InChI=1S/C16H19N3O2/c17-9-5-11-19(12-13-6-2-1-3-7-13)16(21)15-14(20)8-4-10-18-15/h1-4,6-8,10,20H,5,9,11-12,17H2. The minimum Gasteiger partial charge on any atom is -0.505 e. The Kier molecular flexibility index (Phi) is 5.29. The molecule has 21 heavy (non-hydrogen) atoms. The van der Waals surface area contributed by atoms with E-state index in [1.807, 2.05) is 30.3 Å². The van der Waals surface area contributed by atoms with Gasteiger partial charge < -0.3 is 15.7 Å². The molecule has 0 saturated carbocycles. The van der Waals surface area contributed by atoms with Crippen molar-refractivity contribution < 1.29 is 9.90 Å². The van der Waals surface area contributed by atoms with Gasteiger partial charge in [-0.05, 0) is 30.7 Å². The number of nitrogens with zero attached hydrogens (tertiary/aromatic N) is 2. The maximum atomic E-state index is 12.5. The van der Waals surface area contributed by atoms with Gasteiger partial charge in [-0.25, -0.2) is 4.98 Å². The molecule has 3 N–H and O–H groups in total. The van der Waals surface area contributed by atoms with Crippen molar-refractivity contribution in [1.29, 1.82) is 0 Å². The SMILES string of the molecule is NCCCN(Cc1ccccc1)C(=O)c1ncccc1O. The molecule has 0 spiro atoms. The van der Waals surface area contributed by atoms with Gasteiger partial charge in [-0.1, -0.05) is 30.3 Å². The van der Waals surface area contributed by atoms with Crippen LogP contribution in [0.25, 0.3) is 0 Å². The predicted octanol–water partition coefficient (Wildman–Crippen LogP) is 1.78. The van der Waals surface area contributed by atoms with E-state index in [4.69, 9.17) is 5.73 Å². The topological polar surface area (TPSA) is 79.5 Å². The molecule has 0 radical (unpaired) electrons. The molecule has 0 bridgehead atoms. The molecule has 0 unspecified atom stereocenters. The highest BCUT2D eigenvalue weighted by molar-refractivity contribution is 5.94. The predicted molar refractivity (Wildman–Crippen MR) is 80.8 cm³/mol. The van der Waals surface area contributed by atoms with E-state index in [0.29, 0.717) is 26.1 Å². The second-order valence-electron chi connectivity index (χ2n) is 4.73. The maximum Gasteiger partial charge on any atom is 0.276 e. The second kappa shape index (κ2) is 7.40. The lowest BCUT2D eigenvalue weighted by molar-refractivity contribution is 0.0733. The smallest absolute Gasteiger partial charge is 0.276 e. The van der Waals surface area contributed by atoms with E-state index < -0.39 is 0 Å². The third-order valence-electron chi connectivity index (χ3n) is 3.12. The van der Waals surface area contributed by atoms with E-state index in [9.17, 15) is 9.90 Å². The number of hydrogen-bond donors (Lipinski definition) is 2. The molecule has 0 saturated heterocycles. The van der Waals surface area contributed by atoms with Crippen LogP contribution in [0.4, 0.5) is 0 Å². The summed E-state index contributed by atoms with van der Waals surface area (Å²) in [5.74, 6) is -0.390. The van der Waals surface area contributed by atoms with Gasteiger partial charge in [0.15, 0.2) is 5.69 Å². The summed E-state index contributed by atoms with van der Waals surface area (Å²) in [7, 11) is 0. The summed E-state index contributed by atoms with van der Waals surface area (Å²) in [5.41, 5.74) is 6.64. The van der Waals surface area contributed by atoms with Crippen molar-refractivity contribution in [1.82, 2.24) is 9.88 Å². The number of pyridine rings is 1. The lowest BCUT2D eigenvalue weighted by atomic mass is 10.2. The van der Waals surface area contributed by atoms with Crippen molar-refractivity contribution in [3.63, 3.8) is 0 Å². The number of hydrogen-bond acceptors (Lipinski definition) is 4. The van der Waals surface area contributed by atoms with Gasteiger partial charge in [-0.2, -0.15) is 0 Å². The van der Waals surface area contributed by atoms with Crippen LogP contribution < -0.4 is 5.73 Å². The van der Waals surface area contributed by atoms with E-state index >= 15 is 0 Å².